The molecule has 0 aromatic carbocycles. The molecule has 3 N–H and O–H groups in total. The summed E-state index contributed by atoms with van der Waals surface area (Å²) in [5, 5.41) is 20.3. The maximum Gasteiger partial charge on any atom is 0.356 e. The number of fused-ring (bicyclic) bond motifs is 1. The zero-order valence-electron chi connectivity index (χ0n) is 15.9. The molecule has 0 saturated carbocycles. The number of nitrogens with zero attached hydrogens (tertiary/aromatic N) is 3. The van der Waals surface area contributed by atoms with Gasteiger partial charge in [0.15, 0.2) is 5.69 Å². The van der Waals surface area contributed by atoms with Crippen molar-refractivity contribution in [3.05, 3.63) is 29.6 Å². The van der Waals surface area contributed by atoms with Gasteiger partial charge in [0.2, 0.25) is 0 Å². The number of piperidine rings is 1. The van der Waals surface area contributed by atoms with Gasteiger partial charge < -0.3 is 20.6 Å². The van der Waals surface area contributed by atoms with Gasteiger partial charge in [-0.05, 0) is 39.0 Å². The Morgan fingerprint density at radius 2 is 2.04 bits per heavy atom. The lowest BCUT2D eigenvalue weighted by Gasteiger charge is -2.35. The molecule has 1 atom stereocenters. The molecule has 27 heavy (non-hydrogen) atoms. The highest BCUT2D eigenvalue weighted by atomic mass is 16.4. The van der Waals surface area contributed by atoms with Crippen LogP contribution in [0.4, 0.5) is 4.79 Å². The minimum absolute atomic E-state index is 0.0130. The summed E-state index contributed by atoms with van der Waals surface area (Å²) in [6.45, 7) is 8.33. The van der Waals surface area contributed by atoms with Gasteiger partial charge in [-0.2, -0.15) is 5.10 Å². The summed E-state index contributed by atoms with van der Waals surface area (Å²) < 4.78 is 1.77. The molecule has 1 aliphatic carbocycles. The number of hydrogen-bond donors (Lipinski definition) is 3. The molecule has 0 unspecified atom stereocenters. The maximum atomic E-state index is 11.9. The number of carboxylic acids is 1. The predicted molar refractivity (Wildman–Crippen MR) is 102 cm³/mol. The monoisotopic (exact) mass is 375 g/mol. The number of hydrogen-bond acceptors (Lipinski definition) is 4. The van der Waals surface area contributed by atoms with Crippen LogP contribution in [0.2, 0.25) is 0 Å². The van der Waals surface area contributed by atoms with Crippen LogP contribution in [0.1, 0.15) is 47.9 Å². The Bertz CT molecular complexity index is 706. The summed E-state index contributed by atoms with van der Waals surface area (Å²) in [7, 11) is 0. The fourth-order valence-corrected chi connectivity index (χ4v) is 4.12. The average Bonchev–Trinajstić information content (AvgIpc) is 3.01. The molecule has 1 aromatic rings. The lowest BCUT2D eigenvalue weighted by atomic mass is 9.90. The van der Waals surface area contributed by atoms with Crippen LogP contribution in [0.25, 0.3) is 0 Å². The summed E-state index contributed by atoms with van der Waals surface area (Å²) >= 11 is 0. The number of carboxylic acid groups (broad SMARTS) is 1. The smallest absolute Gasteiger partial charge is 0.356 e. The first-order valence-corrected chi connectivity index (χ1v) is 9.75. The Morgan fingerprint density at radius 1 is 1.30 bits per heavy atom. The fraction of sp³-hybridized carbons (Fsp3) is 0.632. The predicted octanol–water partition coefficient (Wildman–Crippen LogP) is 1.41. The molecule has 8 nitrogen and oxygen atoms in total. The largest absolute Gasteiger partial charge is 0.476 e. The molecule has 1 fully saturated rings. The third-order valence-electron chi connectivity index (χ3n) is 5.43. The van der Waals surface area contributed by atoms with Crippen molar-refractivity contribution in [2.75, 3.05) is 19.6 Å². The van der Waals surface area contributed by atoms with E-state index in [1.54, 1.807) is 10.8 Å². The van der Waals surface area contributed by atoms with Gasteiger partial charge in [-0.3, -0.25) is 4.68 Å². The quantitative estimate of drug-likeness (QED) is 0.653. The van der Waals surface area contributed by atoms with Crippen LogP contribution in [0.15, 0.2) is 12.7 Å². The van der Waals surface area contributed by atoms with E-state index in [0.717, 1.165) is 50.0 Å². The molecule has 1 aromatic heterocycles. The van der Waals surface area contributed by atoms with Gasteiger partial charge in [-0.15, -0.1) is 6.58 Å². The van der Waals surface area contributed by atoms with Gasteiger partial charge >= 0.3 is 12.0 Å². The topological polar surface area (TPSA) is 99.5 Å². The number of likely N-dealkylation sites (tertiary alicyclic amines) is 1. The van der Waals surface area contributed by atoms with Gasteiger partial charge in [0.05, 0.1) is 6.54 Å². The van der Waals surface area contributed by atoms with Crippen molar-refractivity contribution < 1.29 is 14.7 Å². The molecule has 1 aliphatic heterocycles. The SMILES string of the molecule is C=CCn1nc(C(=O)O)c2c1CC[C@H](NC1CCN(C(=O)NCC)CC1)C2. The van der Waals surface area contributed by atoms with E-state index in [-0.39, 0.29) is 17.8 Å². The molecule has 148 valence electrons. The Balaban J connectivity index is 1.60. The molecule has 0 radical (unpaired) electrons. The van der Waals surface area contributed by atoms with E-state index < -0.39 is 5.97 Å². The van der Waals surface area contributed by atoms with E-state index in [4.69, 9.17) is 0 Å². The summed E-state index contributed by atoms with van der Waals surface area (Å²) in [4.78, 5) is 25.4. The highest BCUT2D eigenvalue weighted by molar-refractivity contribution is 5.87. The van der Waals surface area contributed by atoms with E-state index in [9.17, 15) is 14.7 Å². The first kappa shape index (κ1) is 19.4. The summed E-state index contributed by atoms with van der Waals surface area (Å²) in [6, 6.07) is 0.621. The first-order chi connectivity index (χ1) is 13.0. The van der Waals surface area contributed by atoms with E-state index in [0.29, 0.717) is 25.6 Å². The molecule has 2 heterocycles. The number of nitrogens with one attached hydrogen (secondary N) is 2. The second-order valence-electron chi connectivity index (χ2n) is 7.25. The second-order valence-corrected chi connectivity index (χ2v) is 7.25. The van der Waals surface area contributed by atoms with Crippen molar-refractivity contribution in [2.24, 2.45) is 0 Å². The maximum absolute atomic E-state index is 11.9. The van der Waals surface area contributed by atoms with Crippen molar-refractivity contribution in [1.82, 2.24) is 25.3 Å². The number of urea groups is 1. The fourth-order valence-electron chi connectivity index (χ4n) is 4.12. The Morgan fingerprint density at radius 3 is 2.67 bits per heavy atom. The summed E-state index contributed by atoms with van der Waals surface area (Å²) in [5.74, 6) is -0.968. The summed E-state index contributed by atoms with van der Waals surface area (Å²) in [6.07, 6.45) is 6.05. The van der Waals surface area contributed by atoms with Gasteiger partial charge in [-0.1, -0.05) is 6.08 Å². The third-order valence-corrected chi connectivity index (χ3v) is 5.43. The highest BCUT2D eigenvalue weighted by Crippen LogP contribution is 2.26. The number of carbonyl (C=O) groups excluding carboxylic acids is 1. The molecule has 3 rings (SSSR count). The minimum atomic E-state index is -0.968. The average molecular weight is 375 g/mol. The normalized spacial score (nSPS) is 20.2. The van der Waals surface area contributed by atoms with Crippen LogP contribution >= 0.6 is 0 Å². The van der Waals surface area contributed by atoms with Gasteiger partial charge in [0.1, 0.15) is 0 Å². The van der Waals surface area contributed by atoms with Crippen LogP contribution in [0, 0.1) is 0 Å². The number of carbonyl (C=O) groups is 2. The van der Waals surface area contributed by atoms with E-state index in [2.05, 4.69) is 22.3 Å². The van der Waals surface area contributed by atoms with Gasteiger partial charge in [0, 0.05) is 43.0 Å². The van der Waals surface area contributed by atoms with Crippen LogP contribution in [0.3, 0.4) is 0 Å². The molecule has 0 bridgehead atoms. The van der Waals surface area contributed by atoms with Crippen molar-refractivity contribution in [2.45, 2.75) is 57.7 Å². The van der Waals surface area contributed by atoms with Crippen molar-refractivity contribution in [1.29, 1.82) is 0 Å². The zero-order valence-corrected chi connectivity index (χ0v) is 15.9. The standard InChI is InChI=1S/C19H29N5O3/c1-3-9-24-16-6-5-14(12-15(16)17(22-24)18(25)26)21-13-7-10-23(11-8-13)19(27)20-4-2/h3,13-14,21H,1,4-12H2,2H3,(H,20,27)(H,25,26)/t14-/m0/s1. The highest BCUT2D eigenvalue weighted by Gasteiger charge is 2.31. The number of allylic oxidation sites excluding steroid dienone is 1. The number of amides is 2. The molecule has 8 heteroatoms. The molecule has 1 saturated heterocycles. The Kier molecular flexibility index (Phi) is 6.15. The Labute approximate surface area is 159 Å². The molecule has 2 amide bonds. The molecule has 2 aliphatic rings. The first-order valence-electron chi connectivity index (χ1n) is 9.75. The number of aromatic carboxylic acids is 1. The van der Waals surface area contributed by atoms with Gasteiger partial charge in [-0.25, -0.2) is 9.59 Å². The number of rotatable bonds is 6. The lowest BCUT2D eigenvalue weighted by Crippen LogP contribution is -2.51. The van der Waals surface area contributed by atoms with E-state index >= 15 is 0 Å². The number of aromatic nitrogens is 2. The van der Waals surface area contributed by atoms with Crippen molar-refractivity contribution >= 4 is 12.0 Å². The third kappa shape index (κ3) is 4.32. The summed E-state index contributed by atoms with van der Waals surface area (Å²) in [5.41, 5.74) is 2.05. The molecule has 0 spiro atoms. The molecular weight excluding hydrogens is 346 g/mol. The lowest BCUT2D eigenvalue weighted by molar-refractivity contribution is 0.0688. The van der Waals surface area contributed by atoms with Gasteiger partial charge in [0.25, 0.3) is 0 Å². The van der Waals surface area contributed by atoms with Crippen molar-refractivity contribution in [3.63, 3.8) is 0 Å². The zero-order chi connectivity index (χ0) is 19.4. The van der Waals surface area contributed by atoms with Crippen molar-refractivity contribution in [3.8, 4) is 0 Å². The van der Waals surface area contributed by atoms with Crippen LogP contribution in [-0.4, -0.2) is 63.5 Å². The van der Waals surface area contributed by atoms with Crippen LogP contribution in [0.5, 0.6) is 0 Å². The van der Waals surface area contributed by atoms with E-state index in [1.165, 1.54) is 0 Å². The second kappa shape index (κ2) is 8.56. The van der Waals surface area contributed by atoms with Crippen LogP contribution < -0.4 is 10.6 Å². The molecular formula is C19H29N5O3. The minimum Gasteiger partial charge on any atom is -0.476 e. The Hall–Kier alpha value is -2.35. The van der Waals surface area contributed by atoms with Crippen LogP contribution in [-0.2, 0) is 19.4 Å². The van der Waals surface area contributed by atoms with E-state index in [1.807, 2.05) is 11.8 Å².